The molecule has 0 aliphatic carbocycles. The van der Waals surface area contributed by atoms with Gasteiger partial charge >= 0.3 is 0 Å². The molecule has 5 heteroatoms. The minimum absolute atomic E-state index is 0.368. The molecule has 2 rings (SSSR count). The van der Waals surface area contributed by atoms with Gasteiger partial charge in [-0.25, -0.2) is 4.98 Å². The maximum Gasteiger partial charge on any atom is 0.185 e. The molecule has 4 nitrogen and oxygen atoms in total. The number of hydrogen-bond donors (Lipinski definition) is 1. The van der Waals surface area contributed by atoms with E-state index >= 15 is 0 Å². The van der Waals surface area contributed by atoms with E-state index in [-0.39, 0.29) is 0 Å². The molecule has 0 bridgehead atoms. The first-order chi connectivity index (χ1) is 10.2. The zero-order valence-electron chi connectivity index (χ0n) is 13.8. The van der Waals surface area contributed by atoms with Crippen molar-refractivity contribution < 1.29 is 4.74 Å². The molecule has 0 spiro atoms. The third kappa shape index (κ3) is 4.41. The van der Waals surface area contributed by atoms with Crippen molar-refractivity contribution in [1.29, 1.82) is 0 Å². The van der Waals surface area contributed by atoms with E-state index in [0.29, 0.717) is 12.0 Å². The maximum absolute atomic E-state index is 5.85. The lowest BCUT2D eigenvalue weighted by atomic mass is 10.0. The van der Waals surface area contributed by atoms with Crippen LogP contribution in [0, 0.1) is 0 Å². The van der Waals surface area contributed by atoms with Gasteiger partial charge in [-0.05, 0) is 38.6 Å². The van der Waals surface area contributed by atoms with Crippen LogP contribution in [-0.2, 0) is 11.3 Å². The molecule has 1 aliphatic heterocycles. The Kier molecular flexibility index (Phi) is 6.45. The van der Waals surface area contributed by atoms with E-state index < -0.39 is 0 Å². The molecule has 120 valence electrons. The smallest absolute Gasteiger partial charge is 0.185 e. The summed E-state index contributed by atoms with van der Waals surface area (Å²) in [5.74, 6) is 0.526. The van der Waals surface area contributed by atoms with Crippen molar-refractivity contribution in [3.63, 3.8) is 0 Å². The van der Waals surface area contributed by atoms with E-state index in [2.05, 4.69) is 31.1 Å². The zero-order chi connectivity index (χ0) is 15.2. The standard InChI is InChI=1S/C16H29N3OS/c1-5-12(2)15-14(10-17-3)21-16(18-15)19(4)11-13-8-6-7-9-20-13/h12-13,17H,5-11H2,1-4H3. The zero-order valence-corrected chi connectivity index (χ0v) is 14.6. The van der Waals surface area contributed by atoms with Crippen LogP contribution in [0.1, 0.15) is 56.0 Å². The first kappa shape index (κ1) is 16.7. The second-order valence-electron chi connectivity index (χ2n) is 6.01. The van der Waals surface area contributed by atoms with E-state index in [9.17, 15) is 0 Å². The number of hydrogen-bond acceptors (Lipinski definition) is 5. The third-order valence-electron chi connectivity index (χ3n) is 4.21. The number of aromatic nitrogens is 1. The van der Waals surface area contributed by atoms with E-state index in [1.165, 1.54) is 29.8 Å². The fourth-order valence-corrected chi connectivity index (χ4v) is 3.88. The topological polar surface area (TPSA) is 37.4 Å². The van der Waals surface area contributed by atoms with Gasteiger partial charge in [-0.3, -0.25) is 0 Å². The summed E-state index contributed by atoms with van der Waals surface area (Å²) in [5, 5.41) is 4.39. The summed E-state index contributed by atoms with van der Waals surface area (Å²) in [7, 11) is 4.14. The van der Waals surface area contributed by atoms with Gasteiger partial charge in [0.1, 0.15) is 0 Å². The number of nitrogens with zero attached hydrogens (tertiary/aromatic N) is 2. The summed E-state index contributed by atoms with van der Waals surface area (Å²) in [6.45, 7) is 7.27. The van der Waals surface area contributed by atoms with Crippen molar-refractivity contribution >= 4 is 16.5 Å². The summed E-state index contributed by atoms with van der Waals surface area (Å²) in [5.41, 5.74) is 1.27. The monoisotopic (exact) mass is 311 g/mol. The highest BCUT2D eigenvalue weighted by molar-refractivity contribution is 7.15. The number of ether oxygens (including phenoxy) is 1. The van der Waals surface area contributed by atoms with Crippen molar-refractivity contribution in [2.75, 3.05) is 32.1 Å². The predicted octanol–water partition coefficient (Wildman–Crippen LogP) is 3.38. The van der Waals surface area contributed by atoms with E-state index in [0.717, 1.165) is 31.2 Å². The molecule has 1 saturated heterocycles. The minimum Gasteiger partial charge on any atom is -0.376 e. The quantitative estimate of drug-likeness (QED) is 0.837. The first-order valence-corrected chi connectivity index (χ1v) is 8.94. The largest absolute Gasteiger partial charge is 0.376 e. The fourth-order valence-electron chi connectivity index (χ4n) is 2.71. The number of nitrogens with one attached hydrogen (secondary N) is 1. The third-order valence-corrected chi connectivity index (χ3v) is 5.40. The Morgan fingerprint density at radius 2 is 2.29 bits per heavy atom. The number of rotatable bonds is 7. The summed E-state index contributed by atoms with van der Waals surface area (Å²) in [4.78, 5) is 8.56. The number of anilines is 1. The van der Waals surface area contributed by atoms with Crippen LogP contribution < -0.4 is 10.2 Å². The first-order valence-electron chi connectivity index (χ1n) is 8.12. The lowest BCUT2D eigenvalue weighted by molar-refractivity contribution is 0.0216. The van der Waals surface area contributed by atoms with Crippen LogP contribution in [0.4, 0.5) is 5.13 Å². The van der Waals surface area contributed by atoms with Crippen molar-refractivity contribution in [3.05, 3.63) is 10.6 Å². The highest BCUT2D eigenvalue weighted by Gasteiger charge is 2.21. The van der Waals surface area contributed by atoms with E-state index in [4.69, 9.17) is 9.72 Å². The molecule has 2 heterocycles. The lowest BCUT2D eigenvalue weighted by Crippen LogP contribution is -2.33. The van der Waals surface area contributed by atoms with Gasteiger partial charge in [0.05, 0.1) is 11.8 Å². The van der Waals surface area contributed by atoms with Crippen LogP contribution in [0.25, 0.3) is 0 Å². The SMILES string of the molecule is CCC(C)c1nc(N(C)CC2CCCCO2)sc1CNC. The van der Waals surface area contributed by atoms with Crippen LogP contribution in [0.5, 0.6) is 0 Å². The highest BCUT2D eigenvalue weighted by Crippen LogP contribution is 2.32. The van der Waals surface area contributed by atoms with Gasteiger partial charge in [-0.2, -0.15) is 0 Å². The van der Waals surface area contributed by atoms with Gasteiger partial charge in [0.25, 0.3) is 0 Å². The van der Waals surface area contributed by atoms with E-state index in [1.54, 1.807) is 0 Å². The fraction of sp³-hybridized carbons (Fsp3) is 0.812. The van der Waals surface area contributed by atoms with Crippen LogP contribution >= 0.6 is 11.3 Å². The normalized spacial score (nSPS) is 20.5. The molecule has 0 amide bonds. The van der Waals surface area contributed by atoms with Crippen LogP contribution in [0.2, 0.25) is 0 Å². The van der Waals surface area contributed by atoms with Gasteiger partial charge in [-0.1, -0.05) is 13.8 Å². The Labute approximate surface area is 132 Å². The molecule has 1 N–H and O–H groups in total. The lowest BCUT2D eigenvalue weighted by Gasteiger charge is -2.27. The molecule has 2 atom stereocenters. The summed E-state index contributed by atoms with van der Waals surface area (Å²) in [6.07, 6.45) is 5.18. The Hall–Kier alpha value is -0.650. The van der Waals surface area contributed by atoms with Gasteiger partial charge in [0, 0.05) is 31.6 Å². The second-order valence-corrected chi connectivity index (χ2v) is 7.08. The summed E-state index contributed by atoms with van der Waals surface area (Å²) in [6, 6.07) is 0. The van der Waals surface area contributed by atoms with Crippen LogP contribution in [-0.4, -0.2) is 38.3 Å². The van der Waals surface area contributed by atoms with Gasteiger partial charge in [0.2, 0.25) is 0 Å². The predicted molar refractivity (Wildman–Crippen MR) is 90.4 cm³/mol. The molecule has 0 saturated carbocycles. The minimum atomic E-state index is 0.368. The van der Waals surface area contributed by atoms with Crippen molar-refractivity contribution in [3.8, 4) is 0 Å². The van der Waals surface area contributed by atoms with Crippen LogP contribution in [0.3, 0.4) is 0 Å². The molecule has 2 unspecified atom stereocenters. The van der Waals surface area contributed by atoms with Gasteiger partial charge < -0.3 is 15.0 Å². The Balaban J connectivity index is 2.07. The Morgan fingerprint density at radius 1 is 1.48 bits per heavy atom. The average molecular weight is 311 g/mol. The highest BCUT2D eigenvalue weighted by atomic mass is 32.1. The Bertz CT molecular complexity index is 429. The molecular weight excluding hydrogens is 282 g/mol. The van der Waals surface area contributed by atoms with Crippen molar-refractivity contribution in [2.45, 2.75) is 58.1 Å². The average Bonchev–Trinajstić information content (AvgIpc) is 2.92. The van der Waals surface area contributed by atoms with E-state index in [1.807, 2.05) is 18.4 Å². The molecule has 0 radical (unpaired) electrons. The van der Waals surface area contributed by atoms with Gasteiger partial charge in [0.15, 0.2) is 5.13 Å². The molecular formula is C16H29N3OS. The summed E-state index contributed by atoms with van der Waals surface area (Å²) >= 11 is 1.82. The molecule has 21 heavy (non-hydrogen) atoms. The molecule has 1 fully saturated rings. The van der Waals surface area contributed by atoms with Crippen LogP contribution in [0.15, 0.2) is 0 Å². The molecule has 1 aromatic rings. The van der Waals surface area contributed by atoms with Crippen molar-refractivity contribution in [1.82, 2.24) is 10.3 Å². The molecule has 1 aromatic heterocycles. The molecule has 1 aliphatic rings. The van der Waals surface area contributed by atoms with Crippen molar-refractivity contribution in [2.24, 2.45) is 0 Å². The number of thiazole rings is 1. The number of likely N-dealkylation sites (N-methyl/N-ethyl adjacent to an activating group) is 1. The second kappa shape index (κ2) is 8.11. The Morgan fingerprint density at radius 3 is 2.90 bits per heavy atom. The summed E-state index contributed by atoms with van der Waals surface area (Å²) < 4.78 is 5.85. The van der Waals surface area contributed by atoms with Gasteiger partial charge in [-0.15, -0.1) is 11.3 Å². The maximum atomic E-state index is 5.85. The molecule has 0 aromatic carbocycles.